The molecule has 0 saturated carbocycles. The van der Waals surface area contributed by atoms with Crippen LogP contribution in [-0.4, -0.2) is 26.1 Å². The van der Waals surface area contributed by atoms with Gasteiger partial charge in [-0.15, -0.1) is 0 Å². The number of hydrogen-bond donors (Lipinski definition) is 3. The number of nitrogens with zero attached hydrogens (tertiary/aromatic N) is 2. The standard InChI is InChI=1S/C20H27N3O3/c1-4-5-6-7-9-20(2,3)14-11-15(24)18(16(25)12-14)19(26)23-17-8-10-21-13-22-17/h8,10-13,24-25H,4-7,9H2,1-3H3,(H,21,22,23,26). The van der Waals surface area contributed by atoms with E-state index in [1.165, 1.54) is 31.4 Å². The highest BCUT2D eigenvalue weighted by Crippen LogP contribution is 2.37. The van der Waals surface area contributed by atoms with Crippen molar-refractivity contribution < 1.29 is 15.0 Å². The third-order valence-corrected chi connectivity index (χ3v) is 4.58. The molecule has 0 spiro atoms. The van der Waals surface area contributed by atoms with Gasteiger partial charge in [-0.25, -0.2) is 9.97 Å². The van der Waals surface area contributed by atoms with Crippen molar-refractivity contribution in [1.82, 2.24) is 9.97 Å². The molecule has 1 amide bonds. The molecule has 0 saturated heterocycles. The minimum Gasteiger partial charge on any atom is -0.507 e. The fourth-order valence-corrected chi connectivity index (χ4v) is 2.92. The molecule has 0 bridgehead atoms. The normalized spacial score (nSPS) is 11.3. The Bertz CT molecular complexity index is 722. The summed E-state index contributed by atoms with van der Waals surface area (Å²) in [6, 6.07) is 4.66. The Morgan fingerprint density at radius 2 is 1.85 bits per heavy atom. The van der Waals surface area contributed by atoms with Crippen molar-refractivity contribution in [2.24, 2.45) is 0 Å². The van der Waals surface area contributed by atoms with E-state index in [0.717, 1.165) is 24.8 Å². The Hall–Kier alpha value is -2.63. The molecule has 1 aromatic carbocycles. The van der Waals surface area contributed by atoms with Crippen molar-refractivity contribution in [3.63, 3.8) is 0 Å². The molecule has 1 heterocycles. The summed E-state index contributed by atoms with van der Waals surface area (Å²) in [6.45, 7) is 6.33. The van der Waals surface area contributed by atoms with E-state index in [2.05, 4.69) is 36.1 Å². The number of aromatic nitrogens is 2. The largest absolute Gasteiger partial charge is 0.507 e. The van der Waals surface area contributed by atoms with Crippen molar-refractivity contribution >= 4 is 11.7 Å². The lowest BCUT2D eigenvalue weighted by molar-refractivity contribution is 0.102. The van der Waals surface area contributed by atoms with Gasteiger partial charge in [-0.05, 0) is 35.6 Å². The van der Waals surface area contributed by atoms with Crippen LogP contribution in [0.4, 0.5) is 5.82 Å². The fraction of sp³-hybridized carbons (Fsp3) is 0.450. The van der Waals surface area contributed by atoms with Gasteiger partial charge in [0.05, 0.1) is 0 Å². The number of amides is 1. The molecule has 0 unspecified atom stereocenters. The summed E-state index contributed by atoms with van der Waals surface area (Å²) in [6.07, 6.45) is 8.37. The Morgan fingerprint density at radius 3 is 2.42 bits per heavy atom. The van der Waals surface area contributed by atoms with E-state index in [-0.39, 0.29) is 22.5 Å². The molecular formula is C20H27N3O3. The molecule has 2 rings (SSSR count). The zero-order chi connectivity index (χ0) is 19.2. The summed E-state index contributed by atoms with van der Waals surface area (Å²) < 4.78 is 0. The number of nitrogens with one attached hydrogen (secondary N) is 1. The Kier molecular flexibility index (Phi) is 6.55. The van der Waals surface area contributed by atoms with Crippen molar-refractivity contribution in [1.29, 1.82) is 0 Å². The van der Waals surface area contributed by atoms with Gasteiger partial charge in [0.25, 0.3) is 5.91 Å². The fourth-order valence-electron chi connectivity index (χ4n) is 2.92. The van der Waals surface area contributed by atoms with Crippen LogP contribution in [-0.2, 0) is 5.41 Å². The molecule has 0 aliphatic carbocycles. The first-order valence-corrected chi connectivity index (χ1v) is 8.99. The van der Waals surface area contributed by atoms with Gasteiger partial charge in [-0.1, -0.05) is 46.5 Å². The molecule has 6 heteroatoms. The molecular weight excluding hydrogens is 330 g/mol. The van der Waals surface area contributed by atoms with Gasteiger partial charge in [0.2, 0.25) is 0 Å². The summed E-state index contributed by atoms with van der Waals surface area (Å²) in [4.78, 5) is 20.0. The van der Waals surface area contributed by atoms with Crippen LogP contribution in [0.25, 0.3) is 0 Å². The van der Waals surface area contributed by atoms with E-state index >= 15 is 0 Å². The van der Waals surface area contributed by atoms with Gasteiger partial charge in [0.15, 0.2) is 0 Å². The van der Waals surface area contributed by atoms with Gasteiger partial charge in [0, 0.05) is 6.20 Å². The topological polar surface area (TPSA) is 95.3 Å². The van der Waals surface area contributed by atoms with Crippen LogP contribution in [0.15, 0.2) is 30.7 Å². The Balaban J connectivity index is 2.17. The second-order valence-electron chi connectivity index (χ2n) is 7.13. The van der Waals surface area contributed by atoms with Gasteiger partial charge in [0.1, 0.15) is 29.2 Å². The Morgan fingerprint density at radius 1 is 1.15 bits per heavy atom. The summed E-state index contributed by atoms with van der Waals surface area (Å²) >= 11 is 0. The van der Waals surface area contributed by atoms with Gasteiger partial charge in [-0.3, -0.25) is 4.79 Å². The molecule has 1 aromatic heterocycles. The number of carbonyl (C=O) groups is 1. The minimum absolute atomic E-state index is 0.158. The molecule has 26 heavy (non-hydrogen) atoms. The smallest absolute Gasteiger partial charge is 0.264 e. The van der Waals surface area contributed by atoms with E-state index in [4.69, 9.17) is 0 Å². The number of hydrogen-bond acceptors (Lipinski definition) is 5. The molecule has 3 N–H and O–H groups in total. The lowest BCUT2D eigenvalue weighted by Crippen LogP contribution is -2.18. The lowest BCUT2D eigenvalue weighted by atomic mass is 9.79. The minimum atomic E-state index is -0.619. The predicted octanol–water partition coefficient (Wildman–Crippen LogP) is 4.39. The van der Waals surface area contributed by atoms with Crippen LogP contribution >= 0.6 is 0 Å². The van der Waals surface area contributed by atoms with E-state index in [1.54, 1.807) is 12.1 Å². The maximum Gasteiger partial charge on any atom is 0.264 e. The monoisotopic (exact) mass is 357 g/mol. The van der Waals surface area contributed by atoms with Gasteiger partial charge in [-0.2, -0.15) is 0 Å². The number of anilines is 1. The van der Waals surface area contributed by atoms with Crippen molar-refractivity contribution in [3.8, 4) is 11.5 Å². The van der Waals surface area contributed by atoms with Crippen LogP contribution in [0.3, 0.4) is 0 Å². The highest BCUT2D eigenvalue weighted by Gasteiger charge is 2.25. The maximum atomic E-state index is 12.4. The number of phenolic OH excluding ortho intramolecular Hbond substituents is 2. The molecule has 0 aliphatic heterocycles. The van der Waals surface area contributed by atoms with E-state index in [1.807, 2.05) is 0 Å². The first-order chi connectivity index (χ1) is 12.3. The number of unbranched alkanes of at least 4 members (excludes halogenated alkanes) is 3. The predicted molar refractivity (Wildman–Crippen MR) is 102 cm³/mol. The lowest BCUT2D eigenvalue weighted by Gasteiger charge is -2.26. The molecule has 0 aliphatic rings. The molecule has 6 nitrogen and oxygen atoms in total. The van der Waals surface area contributed by atoms with Crippen molar-refractivity contribution in [3.05, 3.63) is 41.9 Å². The second kappa shape index (κ2) is 8.65. The molecule has 0 atom stereocenters. The van der Waals surface area contributed by atoms with Crippen LogP contribution in [0, 0.1) is 0 Å². The summed E-state index contributed by atoms with van der Waals surface area (Å²) in [7, 11) is 0. The second-order valence-corrected chi connectivity index (χ2v) is 7.13. The molecule has 140 valence electrons. The zero-order valence-electron chi connectivity index (χ0n) is 15.6. The van der Waals surface area contributed by atoms with Crippen molar-refractivity contribution in [2.75, 3.05) is 5.32 Å². The number of phenols is 2. The average molecular weight is 357 g/mol. The molecule has 0 radical (unpaired) electrons. The maximum absolute atomic E-state index is 12.4. The number of aromatic hydroxyl groups is 2. The number of carbonyl (C=O) groups excluding carboxylic acids is 1. The molecule has 2 aromatic rings. The van der Waals surface area contributed by atoms with Gasteiger partial charge < -0.3 is 15.5 Å². The van der Waals surface area contributed by atoms with Crippen LogP contribution < -0.4 is 5.32 Å². The van der Waals surface area contributed by atoms with E-state index in [9.17, 15) is 15.0 Å². The van der Waals surface area contributed by atoms with Gasteiger partial charge >= 0.3 is 0 Å². The van der Waals surface area contributed by atoms with Crippen molar-refractivity contribution in [2.45, 2.75) is 58.3 Å². The highest BCUT2D eigenvalue weighted by molar-refractivity contribution is 6.07. The SMILES string of the molecule is CCCCCCC(C)(C)c1cc(O)c(C(=O)Nc2ccncn2)c(O)c1. The number of benzene rings is 1. The van der Waals surface area contributed by atoms with E-state index in [0.29, 0.717) is 5.82 Å². The Labute approximate surface area is 154 Å². The van der Waals surface area contributed by atoms with Crippen LogP contribution in [0.5, 0.6) is 11.5 Å². The quantitative estimate of drug-likeness (QED) is 0.609. The summed E-state index contributed by atoms with van der Waals surface area (Å²) in [5.41, 5.74) is 0.446. The third kappa shape index (κ3) is 4.94. The zero-order valence-corrected chi connectivity index (χ0v) is 15.6. The number of rotatable bonds is 8. The first kappa shape index (κ1) is 19.7. The highest BCUT2D eigenvalue weighted by atomic mass is 16.3. The average Bonchev–Trinajstić information content (AvgIpc) is 2.59. The third-order valence-electron chi connectivity index (χ3n) is 4.58. The molecule has 0 fully saturated rings. The summed E-state index contributed by atoms with van der Waals surface area (Å²) in [5.74, 6) is -0.809. The van der Waals surface area contributed by atoms with E-state index < -0.39 is 5.91 Å². The summed E-state index contributed by atoms with van der Waals surface area (Å²) in [5, 5.41) is 23.2. The first-order valence-electron chi connectivity index (χ1n) is 8.99. The van der Waals surface area contributed by atoms with Crippen LogP contribution in [0.2, 0.25) is 0 Å². The van der Waals surface area contributed by atoms with Crippen LogP contribution in [0.1, 0.15) is 68.8 Å².